The lowest BCUT2D eigenvalue weighted by molar-refractivity contribution is 0.101. The molecule has 0 saturated carbocycles. The van der Waals surface area contributed by atoms with Gasteiger partial charge in [-0.05, 0) is 19.1 Å². The Morgan fingerprint density at radius 2 is 2.29 bits per heavy atom. The Morgan fingerprint density at radius 1 is 1.59 bits per heavy atom. The number of nitrogens with one attached hydrogen (secondary N) is 1. The van der Waals surface area contributed by atoms with Crippen LogP contribution in [0.3, 0.4) is 0 Å². The van der Waals surface area contributed by atoms with Gasteiger partial charge in [0.15, 0.2) is 11.5 Å². The Balaban J connectivity index is 2.90. The fourth-order valence-corrected chi connectivity index (χ4v) is 1.15. The standard InChI is InChI=1S/C11H10N4OS/c1-7(16)8-3-2-4-9(5-8)14-15-10(6-12)11(13)17/h2-5,14H,1H3,(H2,13,17)/b15-10+. The van der Waals surface area contributed by atoms with Gasteiger partial charge in [-0.25, -0.2) is 0 Å². The smallest absolute Gasteiger partial charge is 0.194 e. The minimum atomic E-state index is -0.0808. The molecule has 17 heavy (non-hydrogen) atoms. The van der Waals surface area contributed by atoms with E-state index < -0.39 is 0 Å². The van der Waals surface area contributed by atoms with Gasteiger partial charge >= 0.3 is 0 Å². The minimum absolute atomic E-state index is 0.0486. The van der Waals surface area contributed by atoms with Crippen molar-refractivity contribution in [2.75, 3.05) is 5.43 Å². The van der Waals surface area contributed by atoms with Crippen LogP contribution in [0.5, 0.6) is 0 Å². The molecule has 3 N–H and O–H groups in total. The van der Waals surface area contributed by atoms with E-state index in [1.807, 2.05) is 0 Å². The number of rotatable bonds is 4. The van der Waals surface area contributed by atoms with Gasteiger partial charge in [-0.3, -0.25) is 10.2 Å². The molecule has 0 saturated heterocycles. The minimum Gasteiger partial charge on any atom is -0.387 e. The summed E-state index contributed by atoms with van der Waals surface area (Å²) in [6, 6.07) is 8.50. The molecule has 0 aromatic heterocycles. The van der Waals surface area contributed by atoms with Gasteiger partial charge in [0, 0.05) is 5.56 Å². The summed E-state index contributed by atoms with van der Waals surface area (Å²) in [6.07, 6.45) is 0. The molecule has 0 aliphatic heterocycles. The normalized spacial score (nSPS) is 10.5. The first-order valence-corrected chi connectivity index (χ1v) is 5.10. The Kier molecular flexibility index (Phi) is 4.31. The second kappa shape index (κ2) is 5.72. The van der Waals surface area contributed by atoms with E-state index in [4.69, 9.17) is 11.0 Å². The third kappa shape index (κ3) is 3.66. The monoisotopic (exact) mass is 246 g/mol. The van der Waals surface area contributed by atoms with Gasteiger partial charge in [-0.15, -0.1) is 0 Å². The van der Waals surface area contributed by atoms with Crippen LogP contribution in [0.15, 0.2) is 29.4 Å². The average molecular weight is 246 g/mol. The Bertz CT molecular complexity index is 531. The van der Waals surface area contributed by atoms with Crippen molar-refractivity contribution in [3.63, 3.8) is 0 Å². The van der Waals surface area contributed by atoms with Crippen molar-refractivity contribution in [2.24, 2.45) is 10.8 Å². The van der Waals surface area contributed by atoms with Crippen LogP contribution in [0.25, 0.3) is 0 Å². The second-order valence-corrected chi connectivity index (χ2v) is 3.63. The first kappa shape index (κ1) is 12.8. The van der Waals surface area contributed by atoms with Crippen molar-refractivity contribution in [3.8, 4) is 6.07 Å². The van der Waals surface area contributed by atoms with Gasteiger partial charge < -0.3 is 5.73 Å². The highest BCUT2D eigenvalue weighted by molar-refractivity contribution is 7.82. The Morgan fingerprint density at radius 3 is 2.82 bits per heavy atom. The number of hydrazone groups is 1. The number of Topliss-reactive ketones (excluding diaryl/α,β-unsaturated/α-hetero) is 1. The summed E-state index contributed by atoms with van der Waals surface area (Å²) >= 11 is 4.63. The van der Waals surface area contributed by atoms with Gasteiger partial charge in [0.25, 0.3) is 0 Å². The quantitative estimate of drug-likeness (QED) is 0.363. The van der Waals surface area contributed by atoms with Crippen molar-refractivity contribution >= 4 is 34.4 Å². The van der Waals surface area contributed by atoms with Crippen LogP contribution < -0.4 is 11.2 Å². The third-order valence-electron chi connectivity index (χ3n) is 1.91. The van der Waals surface area contributed by atoms with Crippen LogP contribution in [0.4, 0.5) is 5.69 Å². The van der Waals surface area contributed by atoms with Crippen LogP contribution >= 0.6 is 12.2 Å². The molecule has 0 spiro atoms. The maximum absolute atomic E-state index is 11.1. The predicted molar refractivity (Wildman–Crippen MR) is 69.9 cm³/mol. The van der Waals surface area contributed by atoms with Crippen molar-refractivity contribution in [1.82, 2.24) is 0 Å². The van der Waals surface area contributed by atoms with E-state index in [-0.39, 0.29) is 16.5 Å². The summed E-state index contributed by atoms with van der Waals surface area (Å²) in [6.45, 7) is 1.47. The summed E-state index contributed by atoms with van der Waals surface area (Å²) in [5.74, 6) is -0.0486. The average Bonchev–Trinajstić information content (AvgIpc) is 2.29. The molecule has 1 aromatic carbocycles. The number of hydrogen-bond acceptors (Lipinski definition) is 5. The Hall–Kier alpha value is -2.26. The van der Waals surface area contributed by atoms with E-state index in [0.29, 0.717) is 11.3 Å². The van der Waals surface area contributed by atoms with Gasteiger partial charge in [0.1, 0.15) is 11.1 Å². The maximum atomic E-state index is 11.1. The maximum Gasteiger partial charge on any atom is 0.194 e. The zero-order valence-corrected chi connectivity index (χ0v) is 9.91. The van der Waals surface area contributed by atoms with Gasteiger partial charge in [0.2, 0.25) is 0 Å². The number of nitrogens with zero attached hydrogens (tertiary/aromatic N) is 2. The molecule has 0 radical (unpaired) electrons. The molecular formula is C11H10N4OS. The third-order valence-corrected chi connectivity index (χ3v) is 2.10. The fraction of sp³-hybridized carbons (Fsp3) is 0.0909. The number of nitrogens with two attached hydrogens (primary N) is 1. The largest absolute Gasteiger partial charge is 0.387 e. The lowest BCUT2D eigenvalue weighted by atomic mass is 10.1. The molecule has 0 amide bonds. The molecule has 0 atom stereocenters. The van der Waals surface area contributed by atoms with E-state index in [2.05, 4.69) is 22.7 Å². The molecule has 0 aliphatic rings. The van der Waals surface area contributed by atoms with Gasteiger partial charge in [0.05, 0.1) is 5.69 Å². The molecule has 1 rings (SSSR count). The molecule has 6 heteroatoms. The lowest BCUT2D eigenvalue weighted by Gasteiger charge is -2.02. The highest BCUT2D eigenvalue weighted by Gasteiger charge is 2.02. The Labute approximate surface area is 104 Å². The van der Waals surface area contributed by atoms with Crippen molar-refractivity contribution in [2.45, 2.75) is 6.92 Å². The summed E-state index contributed by atoms with van der Waals surface area (Å²) in [7, 11) is 0. The summed E-state index contributed by atoms with van der Waals surface area (Å²) in [5, 5.41) is 12.4. The number of thiocarbonyl (C=S) groups is 1. The molecule has 0 aliphatic carbocycles. The highest BCUT2D eigenvalue weighted by atomic mass is 32.1. The van der Waals surface area contributed by atoms with E-state index in [0.717, 1.165) is 0 Å². The number of carbonyl (C=O) groups excluding carboxylic acids is 1. The molecule has 0 bridgehead atoms. The molecular weight excluding hydrogens is 236 g/mol. The predicted octanol–water partition coefficient (Wildman–Crippen LogP) is 1.47. The van der Waals surface area contributed by atoms with E-state index in [9.17, 15) is 4.79 Å². The van der Waals surface area contributed by atoms with E-state index >= 15 is 0 Å². The number of anilines is 1. The van der Waals surface area contributed by atoms with Gasteiger partial charge in [-0.1, -0.05) is 24.4 Å². The van der Waals surface area contributed by atoms with Crippen LogP contribution in [0, 0.1) is 11.3 Å². The van der Waals surface area contributed by atoms with Crippen LogP contribution in [-0.2, 0) is 0 Å². The van der Waals surface area contributed by atoms with Crippen molar-refractivity contribution < 1.29 is 4.79 Å². The zero-order valence-electron chi connectivity index (χ0n) is 9.10. The summed E-state index contributed by atoms with van der Waals surface area (Å²) < 4.78 is 0. The number of carbonyl (C=O) groups is 1. The van der Waals surface area contributed by atoms with Crippen LogP contribution in [0.1, 0.15) is 17.3 Å². The second-order valence-electron chi connectivity index (χ2n) is 3.19. The fourth-order valence-electron chi connectivity index (χ4n) is 1.06. The number of hydrogen-bond donors (Lipinski definition) is 2. The van der Waals surface area contributed by atoms with Crippen molar-refractivity contribution in [1.29, 1.82) is 5.26 Å². The molecule has 0 heterocycles. The molecule has 1 aromatic rings. The number of benzene rings is 1. The first-order chi connectivity index (χ1) is 8.04. The number of nitriles is 1. The van der Waals surface area contributed by atoms with Crippen LogP contribution in [0.2, 0.25) is 0 Å². The highest BCUT2D eigenvalue weighted by Crippen LogP contribution is 2.11. The lowest BCUT2D eigenvalue weighted by Crippen LogP contribution is -2.20. The molecule has 5 nitrogen and oxygen atoms in total. The van der Waals surface area contributed by atoms with E-state index in [1.165, 1.54) is 6.92 Å². The van der Waals surface area contributed by atoms with Gasteiger partial charge in [-0.2, -0.15) is 10.4 Å². The van der Waals surface area contributed by atoms with Crippen molar-refractivity contribution in [3.05, 3.63) is 29.8 Å². The SMILES string of the molecule is CC(=O)c1cccc(N/N=C(\C#N)C(N)=S)c1. The molecule has 0 fully saturated rings. The number of ketones is 1. The first-order valence-electron chi connectivity index (χ1n) is 4.69. The molecule has 86 valence electrons. The van der Waals surface area contributed by atoms with E-state index in [1.54, 1.807) is 30.3 Å². The zero-order chi connectivity index (χ0) is 12.8. The summed E-state index contributed by atoms with van der Waals surface area (Å²) in [5.41, 5.74) is 8.97. The topological polar surface area (TPSA) is 91.3 Å². The molecule has 0 unspecified atom stereocenters. The summed E-state index contributed by atoms with van der Waals surface area (Å²) in [4.78, 5) is 11.1. The van der Waals surface area contributed by atoms with Crippen LogP contribution in [-0.4, -0.2) is 16.5 Å².